The van der Waals surface area contributed by atoms with E-state index in [2.05, 4.69) is 10.1 Å². The van der Waals surface area contributed by atoms with Gasteiger partial charge in [0.15, 0.2) is 5.82 Å². The molecule has 5 heteroatoms. The van der Waals surface area contributed by atoms with Crippen molar-refractivity contribution in [2.24, 2.45) is 5.73 Å². The Balaban J connectivity index is 1.98. The Morgan fingerprint density at radius 3 is 2.72 bits per heavy atom. The van der Waals surface area contributed by atoms with E-state index in [9.17, 15) is 0 Å². The summed E-state index contributed by atoms with van der Waals surface area (Å²) in [6.07, 6.45) is 0. The van der Waals surface area contributed by atoms with Crippen LogP contribution in [0.3, 0.4) is 0 Å². The van der Waals surface area contributed by atoms with Gasteiger partial charge in [-0.1, -0.05) is 11.2 Å². The molecule has 2 heterocycles. The van der Waals surface area contributed by atoms with E-state index in [1.807, 2.05) is 32.0 Å². The van der Waals surface area contributed by atoms with Gasteiger partial charge in [0.25, 0.3) is 5.89 Å². The molecule has 1 aliphatic heterocycles. The monoisotopic (exact) mass is 245 g/mol. The van der Waals surface area contributed by atoms with Crippen LogP contribution in [0.2, 0.25) is 0 Å². The second-order valence-electron chi connectivity index (χ2n) is 5.12. The summed E-state index contributed by atoms with van der Waals surface area (Å²) in [5.74, 6) is 1.01. The summed E-state index contributed by atoms with van der Waals surface area (Å²) in [6, 6.07) is 6.03. The number of hydrogen-bond acceptors (Lipinski definition) is 5. The smallest absolute Gasteiger partial charge is 0.258 e. The molecule has 0 radical (unpaired) electrons. The summed E-state index contributed by atoms with van der Waals surface area (Å²) >= 11 is 0. The molecule has 2 aromatic rings. The molecule has 0 aliphatic carbocycles. The zero-order chi connectivity index (χ0) is 12.8. The number of aromatic nitrogens is 2. The van der Waals surface area contributed by atoms with Crippen LogP contribution in [0, 0.1) is 0 Å². The average Bonchev–Trinajstić information content (AvgIpc) is 2.96. The van der Waals surface area contributed by atoms with Crippen molar-refractivity contribution in [2.45, 2.75) is 32.6 Å². The Labute approximate surface area is 105 Å². The molecule has 5 nitrogen and oxygen atoms in total. The Bertz CT molecular complexity index is 584. The van der Waals surface area contributed by atoms with Gasteiger partial charge in [0.05, 0.1) is 18.8 Å². The average molecular weight is 245 g/mol. The largest absolute Gasteiger partial charge is 0.372 e. The molecule has 0 saturated heterocycles. The molecular weight excluding hydrogens is 230 g/mol. The van der Waals surface area contributed by atoms with Gasteiger partial charge in [0.1, 0.15) is 0 Å². The third-order valence-corrected chi connectivity index (χ3v) is 2.97. The predicted molar refractivity (Wildman–Crippen MR) is 65.4 cm³/mol. The van der Waals surface area contributed by atoms with Crippen molar-refractivity contribution < 1.29 is 9.26 Å². The van der Waals surface area contributed by atoms with Crippen molar-refractivity contribution in [3.8, 4) is 11.5 Å². The first kappa shape index (κ1) is 11.4. The Hall–Kier alpha value is -1.72. The van der Waals surface area contributed by atoms with Crippen molar-refractivity contribution in [3.05, 3.63) is 35.2 Å². The third-order valence-electron chi connectivity index (χ3n) is 2.97. The van der Waals surface area contributed by atoms with Crippen molar-refractivity contribution in [2.75, 3.05) is 0 Å². The topological polar surface area (TPSA) is 74.2 Å². The van der Waals surface area contributed by atoms with Crippen LogP contribution < -0.4 is 5.73 Å². The van der Waals surface area contributed by atoms with Crippen LogP contribution in [0.5, 0.6) is 0 Å². The van der Waals surface area contributed by atoms with Crippen LogP contribution in [-0.4, -0.2) is 10.1 Å². The maximum atomic E-state index is 5.93. The first-order valence-corrected chi connectivity index (χ1v) is 5.87. The number of nitrogens with zero attached hydrogens (tertiary/aromatic N) is 2. The molecule has 0 atom stereocenters. The van der Waals surface area contributed by atoms with Gasteiger partial charge in [-0.15, -0.1) is 0 Å². The molecule has 0 bridgehead atoms. The second-order valence-corrected chi connectivity index (χ2v) is 5.12. The van der Waals surface area contributed by atoms with E-state index < -0.39 is 5.54 Å². The van der Waals surface area contributed by atoms with E-state index in [0.29, 0.717) is 24.9 Å². The quantitative estimate of drug-likeness (QED) is 0.875. The zero-order valence-electron chi connectivity index (χ0n) is 10.4. The predicted octanol–water partition coefficient (Wildman–Crippen LogP) is 1.96. The van der Waals surface area contributed by atoms with Gasteiger partial charge >= 0.3 is 0 Å². The van der Waals surface area contributed by atoms with Crippen LogP contribution in [0.4, 0.5) is 0 Å². The molecule has 0 amide bonds. The molecule has 1 aromatic carbocycles. The number of benzene rings is 1. The van der Waals surface area contributed by atoms with Crippen molar-refractivity contribution in [1.82, 2.24) is 10.1 Å². The van der Waals surface area contributed by atoms with Gasteiger partial charge in [0, 0.05) is 5.56 Å². The first-order valence-electron chi connectivity index (χ1n) is 5.87. The number of ether oxygens (including phenoxy) is 1. The Morgan fingerprint density at radius 1 is 1.22 bits per heavy atom. The van der Waals surface area contributed by atoms with Crippen LogP contribution in [0.1, 0.15) is 30.8 Å². The van der Waals surface area contributed by atoms with Crippen LogP contribution in [-0.2, 0) is 23.5 Å². The zero-order valence-corrected chi connectivity index (χ0v) is 10.4. The third kappa shape index (κ3) is 1.91. The number of rotatable bonds is 2. The Morgan fingerprint density at radius 2 is 2.00 bits per heavy atom. The fraction of sp³-hybridized carbons (Fsp3) is 0.385. The number of hydrogen-bond donors (Lipinski definition) is 1. The standard InChI is InChI=1S/C13H15N3O2/c1-13(2,14)12-15-11(18-16-12)8-3-4-9-6-17-7-10(9)5-8/h3-5H,6-7,14H2,1-2H3. The maximum Gasteiger partial charge on any atom is 0.258 e. The number of nitrogens with two attached hydrogens (primary N) is 1. The highest BCUT2D eigenvalue weighted by Crippen LogP contribution is 2.27. The highest BCUT2D eigenvalue weighted by molar-refractivity contribution is 5.56. The highest BCUT2D eigenvalue weighted by atomic mass is 16.5. The summed E-state index contributed by atoms with van der Waals surface area (Å²) in [6.45, 7) is 5.02. The van der Waals surface area contributed by atoms with E-state index in [1.54, 1.807) is 0 Å². The molecule has 3 rings (SSSR count). The molecule has 1 aliphatic rings. The van der Waals surface area contributed by atoms with Gasteiger partial charge in [-0.3, -0.25) is 0 Å². The van der Waals surface area contributed by atoms with E-state index in [1.165, 1.54) is 11.1 Å². The van der Waals surface area contributed by atoms with Gasteiger partial charge in [0.2, 0.25) is 0 Å². The fourth-order valence-electron chi connectivity index (χ4n) is 1.91. The molecule has 0 unspecified atom stereocenters. The summed E-state index contributed by atoms with van der Waals surface area (Å²) in [7, 11) is 0. The van der Waals surface area contributed by atoms with E-state index in [0.717, 1.165) is 5.56 Å². The molecule has 0 fully saturated rings. The van der Waals surface area contributed by atoms with Crippen LogP contribution in [0.15, 0.2) is 22.7 Å². The van der Waals surface area contributed by atoms with Crippen molar-refractivity contribution in [3.63, 3.8) is 0 Å². The summed E-state index contributed by atoms with van der Waals surface area (Å²) in [4.78, 5) is 4.33. The lowest BCUT2D eigenvalue weighted by molar-refractivity contribution is 0.134. The lowest BCUT2D eigenvalue weighted by atomic mass is 10.1. The van der Waals surface area contributed by atoms with Crippen molar-refractivity contribution >= 4 is 0 Å². The minimum atomic E-state index is -0.596. The molecule has 18 heavy (non-hydrogen) atoms. The minimum Gasteiger partial charge on any atom is -0.372 e. The van der Waals surface area contributed by atoms with Crippen LogP contribution >= 0.6 is 0 Å². The Kier molecular flexibility index (Phi) is 2.46. The second kappa shape index (κ2) is 3.90. The molecule has 0 spiro atoms. The first-order chi connectivity index (χ1) is 8.54. The molecule has 1 aromatic heterocycles. The summed E-state index contributed by atoms with van der Waals surface area (Å²) in [5.41, 5.74) is 8.64. The minimum absolute atomic E-state index is 0.498. The van der Waals surface area contributed by atoms with Crippen LogP contribution in [0.25, 0.3) is 11.5 Å². The van der Waals surface area contributed by atoms with Gasteiger partial charge < -0.3 is 15.0 Å². The van der Waals surface area contributed by atoms with Crippen molar-refractivity contribution in [1.29, 1.82) is 0 Å². The highest BCUT2D eigenvalue weighted by Gasteiger charge is 2.22. The van der Waals surface area contributed by atoms with E-state index in [-0.39, 0.29) is 0 Å². The lowest BCUT2D eigenvalue weighted by Gasteiger charge is -2.11. The SMILES string of the molecule is CC(C)(N)c1noc(-c2ccc3c(c2)COC3)n1. The number of fused-ring (bicyclic) bond motifs is 1. The lowest BCUT2D eigenvalue weighted by Crippen LogP contribution is -2.30. The molecular formula is C13H15N3O2. The molecule has 2 N–H and O–H groups in total. The van der Waals surface area contributed by atoms with Gasteiger partial charge in [-0.2, -0.15) is 4.98 Å². The normalized spacial score (nSPS) is 14.8. The molecule has 94 valence electrons. The maximum absolute atomic E-state index is 5.93. The summed E-state index contributed by atoms with van der Waals surface area (Å²) < 4.78 is 10.6. The van der Waals surface area contributed by atoms with Gasteiger partial charge in [-0.25, -0.2) is 0 Å². The van der Waals surface area contributed by atoms with E-state index in [4.69, 9.17) is 15.0 Å². The van der Waals surface area contributed by atoms with Gasteiger partial charge in [-0.05, 0) is 37.1 Å². The molecule has 0 saturated carbocycles. The fourth-order valence-corrected chi connectivity index (χ4v) is 1.91. The van der Waals surface area contributed by atoms with E-state index >= 15 is 0 Å². The summed E-state index contributed by atoms with van der Waals surface area (Å²) in [5, 5.41) is 3.92.